The molecular weight excluding hydrogens is 240 g/mol. The number of nitrogens with two attached hydrogens (primary N) is 1. The molecule has 0 aliphatic heterocycles. The average molecular weight is 266 g/mol. The van der Waals surface area contributed by atoms with E-state index in [0.717, 1.165) is 18.7 Å². The third kappa shape index (κ3) is 5.03. The smallest absolute Gasteiger partial charge is 0.228 e. The summed E-state index contributed by atoms with van der Waals surface area (Å²) < 4.78 is 5.44. The Bertz CT molecular complexity index is 395. The molecule has 1 rings (SSSR count). The van der Waals surface area contributed by atoms with E-state index in [1.807, 2.05) is 31.9 Å². The normalized spacial score (nSPS) is 12.6. The summed E-state index contributed by atoms with van der Waals surface area (Å²) in [5, 5.41) is 0. The minimum absolute atomic E-state index is 0.207. The van der Waals surface area contributed by atoms with Gasteiger partial charge in [-0.15, -0.1) is 0 Å². The zero-order valence-corrected chi connectivity index (χ0v) is 12.7. The van der Waals surface area contributed by atoms with Crippen LogP contribution >= 0.6 is 0 Å². The zero-order chi connectivity index (χ0) is 14.4. The first kappa shape index (κ1) is 15.7. The van der Waals surface area contributed by atoms with Crippen LogP contribution in [-0.2, 0) is 0 Å². The van der Waals surface area contributed by atoms with E-state index in [2.05, 4.69) is 23.8 Å². The van der Waals surface area contributed by atoms with E-state index in [4.69, 9.17) is 10.5 Å². The van der Waals surface area contributed by atoms with Gasteiger partial charge in [-0.2, -0.15) is 4.98 Å². The number of rotatable bonds is 7. The summed E-state index contributed by atoms with van der Waals surface area (Å²) in [6.07, 6.45) is 0.926. The number of nitrogens with zero attached hydrogens (tertiary/aromatic N) is 3. The molecule has 1 aromatic rings. The van der Waals surface area contributed by atoms with Crippen LogP contribution in [0, 0.1) is 12.8 Å². The number of aryl methyl sites for hydroxylation is 1. The minimum atomic E-state index is 0.207. The first-order chi connectivity index (χ1) is 8.93. The molecule has 0 amide bonds. The number of hydrogen-bond donors (Lipinski definition) is 1. The van der Waals surface area contributed by atoms with E-state index in [9.17, 15) is 0 Å². The number of aromatic nitrogens is 2. The van der Waals surface area contributed by atoms with Gasteiger partial charge in [0.1, 0.15) is 0 Å². The lowest BCUT2D eigenvalue weighted by Gasteiger charge is -2.22. The first-order valence-corrected chi connectivity index (χ1v) is 6.89. The molecule has 0 aliphatic carbocycles. The molecule has 0 aliphatic rings. The monoisotopic (exact) mass is 266 g/mol. The molecule has 1 heterocycles. The third-order valence-electron chi connectivity index (χ3n) is 3.11. The Hall–Kier alpha value is -1.36. The fraction of sp³-hybridized carbons (Fsp3) is 0.714. The maximum atomic E-state index is 6.06. The fourth-order valence-electron chi connectivity index (χ4n) is 1.69. The van der Waals surface area contributed by atoms with Crippen molar-refractivity contribution >= 4 is 5.95 Å². The molecule has 2 N–H and O–H groups in total. The Balaban J connectivity index is 2.68. The number of anilines is 1. The molecule has 1 unspecified atom stereocenters. The van der Waals surface area contributed by atoms with E-state index in [1.54, 1.807) is 0 Å². The second-order valence-electron chi connectivity index (χ2n) is 5.20. The van der Waals surface area contributed by atoms with Crippen LogP contribution in [0.1, 0.15) is 32.9 Å². The van der Waals surface area contributed by atoms with Crippen molar-refractivity contribution < 1.29 is 4.74 Å². The van der Waals surface area contributed by atoms with Crippen molar-refractivity contribution in [3.63, 3.8) is 0 Å². The lowest BCUT2D eigenvalue weighted by atomic mass is 10.0. The lowest BCUT2D eigenvalue weighted by Crippen LogP contribution is -2.32. The second-order valence-corrected chi connectivity index (χ2v) is 5.20. The lowest BCUT2D eigenvalue weighted by molar-refractivity contribution is 0.326. The van der Waals surface area contributed by atoms with Crippen molar-refractivity contribution in [1.82, 2.24) is 9.97 Å². The topological polar surface area (TPSA) is 64.3 Å². The molecule has 0 radical (unpaired) electrons. The first-order valence-electron chi connectivity index (χ1n) is 6.89. The maximum absolute atomic E-state index is 6.06. The van der Waals surface area contributed by atoms with Crippen molar-refractivity contribution in [2.24, 2.45) is 11.7 Å². The minimum Gasteiger partial charge on any atom is -0.478 e. The summed E-state index contributed by atoms with van der Waals surface area (Å²) in [6.45, 7) is 9.62. The highest BCUT2D eigenvalue weighted by Crippen LogP contribution is 2.15. The van der Waals surface area contributed by atoms with Gasteiger partial charge in [0.25, 0.3) is 0 Å². The highest BCUT2D eigenvalue weighted by Gasteiger charge is 2.12. The summed E-state index contributed by atoms with van der Waals surface area (Å²) in [7, 11) is 1.98. The molecule has 5 nitrogen and oxygen atoms in total. The van der Waals surface area contributed by atoms with Crippen LogP contribution in [-0.4, -0.2) is 36.2 Å². The van der Waals surface area contributed by atoms with Crippen molar-refractivity contribution in [2.45, 2.75) is 40.2 Å². The van der Waals surface area contributed by atoms with E-state index < -0.39 is 0 Å². The third-order valence-corrected chi connectivity index (χ3v) is 3.11. The average Bonchev–Trinajstić information content (AvgIpc) is 2.35. The van der Waals surface area contributed by atoms with Crippen LogP contribution in [0.4, 0.5) is 5.95 Å². The molecule has 0 aromatic carbocycles. The Morgan fingerprint density at radius 3 is 2.63 bits per heavy atom. The van der Waals surface area contributed by atoms with Crippen molar-refractivity contribution in [3.8, 4) is 5.88 Å². The molecule has 0 saturated heterocycles. The van der Waals surface area contributed by atoms with Gasteiger partial charge < -0.3 is 15.4 Å². The Labute approximate surface area is 116 Å². The molecular formula is C14H26N4O. The largest absolute Gasteiger partial charge is 0.478 e. The van der Waals surface area contributed by atoms with Crippen molar-refractivity contribution in [3.05, 3.63) is 11.8 Å². The van der Waals surface area contributed by atoms with E-state index in [-0.39, 0.29) is 6.04 Å². The predicted molar refractivity (Wildman–Crippen MR) is 78.6 cm³/mol. The zero-order valence-electron chi connectivity index (χ0n) is 12.7. The predicted octanol–water partition coefficient (Wildman–Crippen LogP) is 1.99. The van der Waals surface area contributed by atoms with Gasteiger partial charge in [0.2, 0.25) is 11.8 Å². The van der Waals surface area contributed by atoms with Crippen LogP contribution < -0.4 is 15.4 Å². The van der Waals surface area contributed by atoms with Gasteiger partial charge in [0.15, 0.2) is 0 Å². The van der Waals surface area contributed by atoms with Gasteiger partial charge in [-0.05, 0) is 26.2 Å². The highest BCUT2D eigenvalue weighted by molar-refractivity contribution is 5.33. The Morgan fingerprint density at radius 2 is 2.05 bits per heavy atom. The number of ether oxygens (including phenoxy) is 1. The van der Waals surface area contributed by atoms with Crippen LogP contribution in [0.15, 0.2) is 6.07 Å². The molecule has 5 heteroatoms. The summed E-state index contributed by atoms with van der Waals surface area (Å²) in [5.41, 5.74) is 6.97. The summed E-state index contributed by atoms with van der Waals surface area (Å²) in [6, 6.07) is 2.05. The molecule has 19 heavy (non-hydrogen) atoms. The molecule has 1 aromatic heterocycles. The second kappa shape index (κ2) is 7.28. The molecule has 0 bridgehead atoms. The quantitative estimate of drug-likeness (QED) is 0.817. The van der Waals surface area contributed by atoms with E-state index in [1.165, 1.54) is 0 Å². The van der Waals surface area contributed by atoms with Gasteiger partial charge in [-0.25, -0.2) is 4.98 Å². The van der Waals surface area contributed by atoms with E-state index >= 15 is 0 Å². The van der Waals surface area contributed by atoms with Gasteiger partial charge in [-0.3, -0.25) is 0 Å². The molecule has 108 valence electrons. The van der Waals surface area contributed by atoms with Gasteiger partial charge in [0.05, 0.1) is 6.61 Å². The number of hydrogen-bond acceptors (Lipinski definition) is 5. The maximum Gasteiger partial charge on any atom is 0.228 e. The highest BCUT2D eigenvalue weighted by atomic mass is 16.5. The SMILES string of the molecule is CCOc1cc(C)nc(N(C)CCC(N)C(C)C)n1. The van der Waals surface area contributed by atoms with Gasteiger partial charge >= 0.3 is 0 Å². The van der Waals surface area contributed by atoms with Gasteiger partial charge in [-0.1, -0.05) is 13.8 Å². The van der Waals surface area contributed by atoms with E-state index in [0.29, 0.717) is 24.4 Å². The Morgan fingerprint density at radius 1 is 1.37 bits per heavy atom. The Kier molecular flexibility index (Phi) is 6.02. The molecule has 0 fully saturated rings. The van der Waals surface area contributed by atoms with Gasteiger partial charge in [0, 0.05) is 31.4 Å². The van der Waals surface area contributed by atoms with Crippen molar-refractivity contribution in [2.75, 3.05) is 25.1 Å². The van der Waals surface area contributed by atoms with Crippen LogP contribution in [0.5, 0.6) is 5.88 Å². The summed E-state index contributed by atoms with van der Waals surface area (Å²) in [5.74, 6) is 1.82. The van der Waals surface area contributed by atoms with Crippen LogP contribution in [0.2, 0.25) is 0 Å². The fourth-order valence-corrected chi connectivity index (χ4v) is 1.69. The standard InChI is InChI=1S/C14H26N4O/c1-6-19-13-9-11(4)16-14(17-13)18(5)8-7-12(15)10(2)3/h9-10,12H,6-8,15H2,1-5H3. The summed E-state index contributed by atoms with van der Waals surface area (Å²) >= 11 is 0. The molecule has 0 saturated carbocycles. The van der Waals surface area contributed by atoms with Crippen molar-refractivity contribution in [1.29, 1.82) is 0 Å². The molecule has 0 spiro atoms. The van der Waals surface area contributed by atoms with Crippen LogP contribution in [0.3, 0.4) is 0 Å². The molecule has 1 atom stereocenters. The van der Waals surface area contributed by atoms with Crippen LogP contribution in [0.25, 0.3) is 0 Å². The summed E-state index contributed by atoms with van der Waals surface area (Å²) in [4.78, 5) is 10.9.